The summed E-state index contributed by atoms with van der Waals surface area (Å²) in [6.45, 7) is -0.236. The van der Waals surface area contributed by atoms with Crippen molar-refractivity contribution in [3.63, 3.8) is 0 Å². The first-order chi connectivity index (χ1) is 19.4. The maximum absolute atomic E-state index is 14.2. The fraction of sp³-hybridized carbons (Fsp3) is 0.111. The molecule has 1 aliphatic rings. The Morgan fingerprint density at radius 2 is 1.80 bits per heavy atom. The lowest BCUT2D eigenvalue weighted by molar-refractivity contribution is -0.0278. The van der Waals surface area contributed by atoms with Gasteiger partial charge in [0.25, 0.3) is 11.8 Å². The molecule has 0 saturated carbocycles. The number of pyridine rings is 3. The maximum atomic E-state index is 14.2. The van der Waals surface area contributed by atoms with Gasteiger partial charge in [-0.1, -0.05) is 41.6 Å². The molecule has 4 aromatic heterocycles. The minimum absolute atomic E-state index is 0.0538. The first kappa shape index (κ1) is 25.0. The molecule has 0 fully saturated rings. The van der Waals surface area contributed by atoms with Gasteiger partial charge in [-0.15, -0.1) is 0 Å². The number of hydrogen-bond acceptors (Lipinski definition) is 10. The van der Waals surface area contributed by atoms with Crippen LogP contribution in [0.1, 0.15) is 27.7 Å². The Hall–Kier alpha value is -5.30. The van der Waals surface area contributed by atoms with Gasteiger partial charge >= 0.3 is 6.05 Å². The predicted molar refractivity (Wildman–Crippen MR) is 140 cm³/mol. The Labute approximate surface area is 225 Å². The molecule has 200 valence electrons. The van der Waals surface area contributed by atoms with Gasteiger partial charge in [0, 0.05) is 18.5 Å². The van der Waals surface area contributed by atoms with E-state index in [-0.39, 0.29) is 35.5 Å². The van der Waals surface area contributed by atoms with Crippen LogP contribution in [0.3, 0.4) is 0 Å². The summed E-state index contributed by atoms with van der Waals surface area (Å²) >= 11 is 0. The summed E-state index contributed by atoms with van der Waals surface area (Å²) in [5.74, 6) is -0.177. The van der Waals surface area contributed by atoms with Crippen molar-refractivity contribution in [1.82, 2.24) is 30.4 Å². The number of hydrogen-bond donors (Lipinski definition) is 4. The first-order valence-corrected chi connectivity index (χ1v) is 12.1. The molecule has 5 heterocycles. The summed E-state index contributed by atoms with van der Waals surface area (Å²) < 4.78 is 33.9. The standard InChI is InChI=1S/C27H20F2N8O3/c28-27(29)23-16(25(39)36-27)9-10-21(34-23)33-22-12-19(32-20(14-38)15-6-2-1-3-7-15)17(13-31-22)26-35-24(37-40-26)18-8-4-5-11-30-18/h1-13,20,38H,14H2,(H,36,39)(H2,31,32,33,34)/t20-/m1/s1. The molecular weight excluding hydrogens is 522 g/mol. The van der Waals surface area contributed by atoms with Gasteiger partial charge in [0.2, 0.25) is 5.82 Å². The summed E-state index contributed by atoms with van der Waals surface area (Å²) in [6.07, 6.45) is 3.08. The molecule has 4 N–H and O–H groups in total. The summed E-state index contributed by atoms with van der Waals surface area (Å²) in [5, 5.41) is 21.9. The van der Waals surface area contributed by atoms with E-state index in [1.807, 2.05) is 30.3 Å². The third-order valence-electron chi connectivity index (χ3n) is 6.13. The molecule has 11 nitrogen and oxygen atoms in total. The van der Waals surface area contributed by atoms with Gasteiger partial charge in [-0.3, -0.25) is 15.1 Å². The van der Waals surface area contributed by atoms with E-state index in [0.29, 0.717) is 16.9 Å². The molecule has 5 aromatic rings. The van der Waals surface area contributed by atoms with Crippen molar-refractivity contribution in [3.05, 3.63) is 95.9 Å². The lowest BCUT2D eigenvalue weighted by Crippen LogP contribution is -2.30. The number of carbonyl (C=O) groups is 1. The average molecular weight is 543 g/mol. The van der Waals surface area contributed by atoms with Gasteiger partial charge in [-0.2, -0.15) is 13.8 Å². The first-order valence-electron chi connectivity index (χ1n) is 12.1. The zero-order chi connectivity index (χ0) is 27.7. The van der Waals surface area contributed by atoms with Crippen molar-refractivity contribution < 1.29 is 23.2 Å². The number of nitrogens with one attached hydrogen (secondary N) is 3. The topological polar surface area (TPSA) is 151 Å². The number of anilines is 3. The quantitative estimate of drug-likeness (QED) is 0.209. The summed E-state index contributed by atoms with van der Waals surface area (Å²) in [5.41, 5.74) is 1.35. The summed E-state index contributed by atoms with van der Waals surface area (Å²) in [4.78, 5) is 28.8. The molecule has 1 aromatic carbocycles. The highest BCUT2D eigenvalue weighted by Gasteiger charge is 2.45. The van der Waals surface area contributed by atoms with Gasteiger partial charge in [-0.25, -0.2) is 9.97 Å². The molecule has 1 aliphatic heterocycles. The van der Waals surface area contributed by atoms with Crippen molar-refractivity contribution in [2.24, 2.45) is 0 Å². The van der Waals surface area contributed by atoms with Crippen LogP contribution in [-0.2, 0) is 6.05 Å². The molecule has 13 heteroatoms. The number of aromatic nitrogens is 5. The van der Waals surface area contributed by atoms with Gasteiger partial charge in [0.05, 0.1) is 29.5 Å². The number of rotatable bonds is 8. The second-order valence-electron chi connectivity index (χ2n) is 8.79. The smallest absolute Gasteiger partial charge is 0.370 e. The molecule has 0 unspecified atom stereocenters. The highest BCUT2D eigenvalue weighted by Crippen LogP contribution is 2.35. The van der Waals surface area contributed by atoms with Crippen LogP contribution < -0.4 is 16.0 Å². The van der Waals surface area contributed by atoms with Crippen molar-refractivity contribution in [1.29, 1.82) is 0 Å². The van der Waals surface area contributed by atoms with Crippen LogP contribution in [0.25, 0.3) is 23.0 Å². The van der Waals surface area contributed by atoms with Crippen molar-refractivity contribution in [2.75, 3.05) is 17.2 Å². The van der Waals surface area contributed by atoms with E-state index < -0.39 is 23.7 Å². The zero-order valence-electron chi connectivity index (χ0n) is 20.5. The molecule has 6 rings (SSSR count). The Morgan fingerprint density at radius 1 is 0.975 bits per heavy atom. The minimum Gasteiger partial charge on any atom is -0.394 e. The number of amides is 1. The van der Waals surface area contributed by atoms with Crippen LogP contribution in [0.15, 0.2) is 83.6 Å². The maximum Gasteiger partial charge on any atom is 0.370 e. The number of nitrogens with zero attached hydrogens (tertiary/aromatic N) is 5. The second kappa shape index (κ2) is 10.1. The number of fused-ring (bicyclic) bond motifs is 1. The van der Waals surface area contributed by atoms with Crippen LogP contribution in [0.4, 0.5) is 26.1 Å². The minimum atomic E-state index is -3.58. The predicted octanol–water partition coefficient (Wildman–Crippen LogP) is 4.27. The lowest BCUT2D eigenvalue weighted by Gasteiger charge is -2.20. The molecule has 0 saturated heterocycles. The van der Waals surface area contributed by atoms with Crippen molar-refractivity contribution in [3.8, 4) is 23.0 Å². The fourth-order valence-corrected chi connectivity index (χ4v) is 4.20. The number of aliphatic hydroxyl groups is 1. The molecule has 0 radical (unpaired) electrons. The second-order valence-corrected chi connectivity index (χ2v) is 8.79. The van der Waals surface area contributed by atoms with E-state index in [2.05, 4.69) is 35.7 Å². The molecule has 0 bridgehead atoms. The number of alkyl halides is 2. The van der Waals surface area contributed by atoms with E-state index in [9.17, 15) is 18.7 Å². The Kier molecular flexibility index (Phi) is 6.32. The summed E-state index contributed by atoms with van der Waals surface area (Å²) in [6, 6.07) is 14.8. The van der Waals surface area contributed by atoms with E-state index in [4.69, 9.17) is 4.52 Å². The molecule has 0 spiro atoms. The number of benzene rings is 1. The summed E-state index contributed by atoms with van der Waals surface area (Å²) in [7, 11) is 0. The normalized spacial score (nSPS) is 14.3. The lowest BCUT2D eigenvalue weighted by atomic mass is 10.1. The van der Waals surface area contributed by atoms with Gasteiger partial charge in [0.15, 0.2) is 0 Å². The highest BCUT2D eigenvalue weighted by atomic mass is 19.3. The molecular formula is C27H20F2N8O3. The molecule has 1 atom stereocenters. The van der Waals surface area contributed by atoms with Gasteiger partial charge in [0.1, 0.15) is 23.0 Å². The molecule has 1 amide bonds. The van der Waals surface area contributed by atoms with Gasteiger partial charge < -0.3 is 20.3 Å². The average Bonchev–Trinajstić information content (AvgIpc) is 3.55. The molecule has 40 heavy (non-hydrogen) atoms. The van der Waals surface area contributed by atoms with Crippen LogP contribution >= 0.6 is 0 Å². The number of aliphatic hydroxyl groups excluding tert-OH is 1. The zero-order valence-corrected chi connectivity index (χ0v) is 20.5. The third-order valence-corrected chi connectivity index (χ3v) is 6.13. The van der Waals surface area contributed by atoms with Crippen LogP contribution in [0, 0.1) is 0 Å². The Bertz CT molecular complexity index is 1680. The van der Waals surface area contributed by atoms with Gasteiger partial charge in [-0.05, 0) is 29.8 Å². The van der Waals surface area contributed by atoms with E-state index >= 15 is 0 Å². The highest BCUT2D eigenvalue weighted by molar-refractivity contribution is 5.99. The fourth-order valence-electron chi connectivity index (χ4n) is 4.20. The van der Waals surface area contributed by atoms with E-state index in [1.165, 1.54) is 18.3 Å². The number of carbonyl (C=O) groups excluding carboxylic acids is 1. The van der Waals surface area contributed by atoms with E-state index in [1.54, 1.807) is 35.8 Å². The monoisotopic (exact) mass is 542 g/mol. The largest absolute Gasteiger partial charge is 0.394 e. The SMILES string of the molecule is O=C1NC(F)(F)c2nc(Nc3cc(N[C@H](CO)c4ccccc4)c(-c4nc(-c5ccccn5)no4)cn3)ccc21. The van der Waals surface area contributed by atoms with E-state index in [0.717, 1.165) is 5.56 Å². The van der Waals surface area contributed by atoms with Crippen molar-refractivity contribution >= 4 is 23.2 Å². The van der Waals surface area contributed by atoms with Crippen LogP contribution in [0.5, 0.6) is 0 Å². The molecule has 0 aliphatic carbocycles. The third kappa shape index (κ3) is 4.80. The van der Waals surface area contributed by atoms with Crippen LogP contribution in [-0.4, -0.2) is 42.7 Å². The van der Waals surface area contributed by atoms with Crippen molar-refractivity contribution in [2.45, 2.75) is 12.1 Å². The van der Waals surface area contributed by atoms with Crippen LogP contribution in [0.2, 0.25) is 0 Å². The Morgan fingerprint density at radius 3 is 2.58 bits per heavy atom. The number of halogens is 2. The Balaban J connectivity index is 1.36.